The van der Waals surface area contributed by atoms with Crippen molar-refractivity contribution in [2.24, 2.45) is 17.6 Å². The highest BCUT2D eigenvalue weighted by Gasteiger charge is 2.28. The molecule has 19 heavy (non-hydrogen) atoms. The first-order chi connectivity index (χ1) is 9.06. The minimum Gasteiger partial charge on any atom is -0.378 e. The summed E-state index contributed by atoms with van der Waals surface area (Å²) < 4.78 is 5.94. The lowest BCUT2D eigenvalue weighted by molar-refractivity contribution is -0.120. The summed E-state index contributed by atoms with van der Waals surface area (Å²) in [5.41, 5.74) is 5.42. The Kier molecular flexibility index (Phi) is 5.22. The highest BCUT2D eigenvalue weighted by molar-refractivity contribution is 5.79. The van der Waals surface area contributed by atoms with Crippen molar-refractivity contribution in [2.75, 3.05) is 6.61 Å². The van der Waals surface area contributed by atoms with Gasteiger partial charge >= 0.3 is 0 Å². The summed E-state index contributed by atoms with van der Waals surface area (Å²) in [6, 6.07) is 0.292. The molecule has 4 atom stereocenters. The third-order valence-corrected chi connectivity index (χ3v) is 4.67. The Morgan fingerprint density at radius 3 is 2.58 bits per heavy atom. The van der Waals surface area contributed by atoms with Gasteiger partial charge in [0.25, 0.3) is 0 Å². The number of primary amides is 1. The lowest BCUT2D eigenvalue weighted by Gasteiger charge is -2.32. The molecule has 2 aliphatic carbocycles. The summed E-state index contributed by atoms with van der Waals surface area (Å²) in [5.74, 6) is 1.31. The van der Waals surface area contributed by atoms with Crippen LogP contribution in [0.2, 0.25) is 0 Å². The van der Waals surface area contributed by atoms with Crippen molar-refractivity contribution in [1.29, 1.82) is 0 Å². The molecule has 0 spiro atoms. The molecule has 2 aliphatic rings. The minimum atomic E-state index is -0.249. The van der Waals surface area contributed by atoms with Gasteiger partial charge < -0.3 is 15.8 Å². The highest BCUT2D eigenvalue weighted by Crippen LogP contribution is 2.31. The van der Waals surface area contributed by atoms with Crippen LogP contribution in [0.3, 0.4) is 0 Å². The number of ether oxygens (including phenoxy) is 1. The summed E-state index contributed by atoms with van der Waals surface area (Å²) in [6.07, 6.45) is 6.98. The van der Waals surface area contributed by atoms with E-state index >= 15 is 0 Å². The molecule has 1 amide bonds. The van der Waals surface area contributed by atoms with Crippen molar-refractivity contribution in [3.63, 3.8) is 0 Å². The van der Waals surface area contributed by atoms with Crippen molar-refractivity contribution in [3.8, 4) is 0 Å². The zero-order valence-corrected chi connectivity index (χ0v) is 12.2. The van der Waals surface area contributed by atoms with E-state index in [9.17, 15) is 4.79 Å². The van der Waals surface area contributed by atoms with Crippen molar-refractivity contribution in [2.45, 2.75) is 70.6 Å². The largest absolute Gasteiger partial charge is 0.378 e. The van der Waals surface area contributed by atoms with Gasteiger partial charge in [0, 0.05) is 12.6 Å². The average Bonchev–Trinajstić information content (AvgIpc) is 3.16. The maximum absolute atomic E-state index is 11.3. The van der Waals surface area contributed by atoms with Crippen LogP contribution in [0.4, 0.5) is 0 Å². The van der Waals surface area contributed by atoms with Crippen LogP contribution in [0.1, 0.15) is 52.4 Å². The number of hydrogen-bond acceptors (Lipinski definition) is 3. The molecule has 4 heteroatoms. The molecule has 0 aliphatic heterocycles. The second kappa shape index (κ2) is 6.71. The van der Waals surface area contributed by atoms with E-state index in [-0.39, 0.29) is 11.9 Å². The van der Waals surface area contributed by atoms with Crippen LogP contribution in [0.25, 0.3) is 0 Å². The first-order valence-corrected chi connectivity index (χ1v) is 7.73. The Morgan fingerprint density at radius 2 is 2.00 bits per heavy atom. The van der Waals surface area contributed by atoms with E-state index in [2.05, 4.69) is 19.2 Å². The van der Waals surface area contributed by atoms with Gasteiger partial charge in [0.05, 0.1) is 12.1 Å². The molecular formula is C15H28N2O2. The number of amides is 1. The normalized spacial score (nSPS) is 33.1. The summed E-state index contributed by atoms with van der Waals surface area (Å²) in [4.78, 5) is 11.3. The Bertz CT molecular complexity index is 305. The van der Waals surface area contributed by atoms with Crippen molar-refractivity contribution in [3.05, 3.63) is 0 Å². The molecular weight excluding hydrogens is 240 g/mol. The fourth-order valence-electron chi connectivity index (χ4n) is 2.84. The van der Waals surface area contributed by atoms with E-state index < -0.39 is 0 Å². The Hall–Kier alpha value is -0.610. The van der Waals surface area contributed by atoms with Gasteiger partial charge in [0.2, 0.25) is 5.91 Å². The Morgan fingerprint density at radius 1 is 1.26 bits per heavy atom. The number of carbonyl (C=O) groups excluding carboxylic acids is 1. The van der Waals surface area contributed by atoms with Gasteiger partial charge in [0.1, 0.15) is 0 Å². The number of nitrogens with one attached hydrogen (secondary N) is 1. The maximum Gasteiger partial charge on any atom is 0.234 e. The maximum atomic E-state index is 11.3. The van der Waals surface area contributed by atoms with Crippen LogP contribution >= 0.6 is 0 Å². The summed E-state index contributed by atoms with van der Waals surface area (Å²) in [6.45, 7) is 5.27. The van der Waals surface area contributed by atoms with E-state index in [0.29, 0.717) is 25.2 Å². The van der Waals surface area contributed by atoms with Crippen LogP contribution in [0.5, 0.6) is 0 Å². The molecule has 0 saturated heterocycles. The number of rotatable bonds is 7. The van der Waals surface area contributed by atoms with Gasteiger partial charge in [-0.2, -0.15) is 0 Å². The lowest BCUT2D eigenvalue weighted by Crippen LogP contribution is -2.43. The number of carbonyl (C=O) groups is 1. The molecule has 2 saturated carbocycles. The van der Waals surface area contributed by atoms with Crippen LogP contribution in [0.15, 0.2) is 0 Å². The molecule has 4 unspecified atom stereocenters. The molecule has 0 aromatic heterocycles. The fourth-order valence-corrected chi connectivity index (χ4v) is 2.84. The third-order valence-electron chi connectivity index (χ3n) is 4.67. The van der Waals surface area contributed by atoms with Crippen molar-refractivity contribution in [1.82, 2.24) is 5.32 Å². The molecule has 2 rings (SSSR count). The molecule has 0 aromatic carbocycles. The van der Waals surface area contributed by atoms with E-state index in [1.54, 1.807) is 0 Å². The summed E-state index contributed by atoms with van der Waals surface area (Å²) >= 11 is 0. The molecule has 0 heterocycles. The van der Waals surface area contributed by atoms with Crippen LogP contribution < -0.4 is 11.1 Å². The van der Waals surface area contributed by atoms with Gasteiger partial charge in [0.15, 0.2) is 0 Å². The van der Waals surface area contributed by atoms with Gasteiger partial charge in [-0.05, 0) is 50.4 Å². The monoisotopic (exact) mass is 268 g/mol. The predicted molar refractivity (Wildman–Crippen MR) is 75.7 cm³/mol. The van der Waals surface area contributed by atoms with Gasteiger partial charge in [-0.15, -0.1) is 0 Å². The summed E-state index contributed by atoms with van der Waals surface area (Å²) in [7, 11) is 0. The number of nitrogens with two attached hydrogens (primary N) is 1. The van der Waals surface area contributed by atoms with Gasteiger partial charge in [-0.1, -0.05) is 13.8 Å². The lowest BCUT2D eigenvalue weighted by atomic mass is 9.80. The van der Waals surface area contributed by atoms with Gasteiger partial charge in [-0.25, -0.2) is 0 Å². The van der Waals surface area contributed by atoms with Crippen LogP contribution in [-0.2, 0) is 9.53 Å². The van der Waals surface area contributed by atoms with E-state index in [1.807, 2.05) is 0 Å². The Balaban J connectivity index is 1.65. The second-order valence-electron chi connectivity index (χ2n) is 6.44. The quantitative estimate of drug-likeness (QED) is 0.740. The first kappa shape index (κ1) is 14.8. The molecule has 4 nitrogen and oxygen atoms in total. The topological polar surface area (TPSA) is 64.3 Å². The van der Waals surface area contributed by atoms with E-state index in [0.717, 1.165) is 24.7 Å². The molecule has 0 aromatic rings. The molecule has 0 bridgehead atoms. The van der Waals surface area contributed by atoms with Crippen molar-refractivity contribution < 1.29 is 9.53 Å². The van der Waals surface area contributed by atoms with E-state index in [4.69, 9.17) is 10.5 Å². The Labute approximate surface area is 116 Å². The zero-order chi connectivity index (χ0) is 13.8. The second-order valence-corrected chi connectivity index (χ2v) is 6.44. The smallest absolute Gasteiger partial charge is 0.234 e. The van der Waals surface area contributed by atoms with E-state index in [1.165, 1.54) is 19.3 Å². The van der Waals surface area contributed by atoms with Gasteiger partial charge in [-0.3, -0.25) is 4.79 Å². The fraction of sp³-hybridized carbons (Fsp3) is 0.933. The molecule has 110 valence electrons. The minimum absolute atomic E-state index is 0.215. The predicted octanol–water partition coefficient (Wildman–Crippen LogP) is 1.82. The number of hydrogen-bond donors (Lipinski definition) is 2. The highest BCUT2D eigenvalue weighted by atomic mass is 16.5. The zero-order valence-electron chi connectivity index (χ0n) is 12.2. The van der Waals surface area contributed by atoms with Crippen LogP contribution in [0, 0.1) is 11.8 Å². The molecule has 3 N–H and O–H groups in total. The third kappa shape index (κ3) is 4.77. The molecule has 0 radical (unpaired) electrons. The average molecular weight is 268 g/mol. The SMILES string of the molecule is CC1CCC(OCCC(NC2CC2)C(N)=O)CC1C. The standard InChI is InChI=1S/C15H28N2O2/c1-10-3-6-13(9-11(10)2)19-8-7-14(15(16)18)17-12-4-5-12/h10-14,17H,3-9H2,1-2H3,(H2,16,18). The van der Waals surface area contributed by atoms with Crippen LogP contribution in [-0.4, -0.2) is 30.7 Å². The van der Waals surface area contributed by atoms with Crippen molar-refractivity contribution >= 4 is 5.91 Å². The summed E-state index contributed by atoms with van der Waals surface area (Å²) in [5, 5.41) is 3.29. The first-order valence-electron chi connectivity index (χ1n) is 7.73. The molecule has 2 fully saturated rings.